The topological polar surface area (TPSA) is 77.2 Å². The van der Waals surface area contributed by atoms with Gasteiger partial charge in [-0.25, -0.2) is 4.98 Å². The molecule has 0 radical (unpaired) electrons. The molecule has 29 heavy (non-hydrogen) atoms. The van der Waals surface area contributed by atoms with Crippen LogP contribution >= 0.6 is 11.3 Å². The van der Waals surface area contributed by atoms with Crippen molar-refractivity contribution in [2.45, 2.75) is 0 Å². The van der Waals surface area contributed by atoms with Crippen LogP contribution < -0.4 is 10.2 Å². The number of anilines is 2. The van der Waals surface area contributed by atoms with Crippen LogP contribution in [0.4, 0.5) is 10.8 Å². The van der Waals surface area contributed by atoms with Crippen LogP contribution in [0, 0.1) is 0 Å². The molecule has 0 unspecified atom stereocenters. The Labute approximate surface area is 171 Å². The first-order valence-electron chi connectivity index (χ1n) is 9.39. The maximum absolute atomic E-state index is 12.9. The maximum atomic E-state index is 12.9. The Bertz CT molecular complexity index is 1160. The molecule has 0 saturated carbocycles. The molecule has 1 N–H and O–H groups in total. The summed E-state index contributed by atoms with van der Waals surface area (Å²) in [5.74, 6) is 0.528. The van der Waals surface area contributed by atoms with E-state index in [0.29, 0.717) is 5.56 Å². The van der Waals surface area contributed by atoms with Gasteiger partial charge in [-0.15, -0.1) is 0 Å². The molecule has 0 atom stereocenters. The van der Waals surface area contributed by atoms with Crippen LogP contribution in [0.15, 0.2) is 48.9 Å². The molecule has 1 saturated heterocycles. The maximum Gasteiger partial charge on any atom is 0.261 e. The van der Waals surface area contributed by atoms with Crippen LogP contribution in [0.3, 0.4) is 0 Å². The molecule has 1 aliphatic heterocycles. The van der Waals surface area contributed by atoms with Crippen molar-refractivity contribution >= 4 is 38.3 Å². The van der Waals surface area contributed by atoms with E-state index in [1.54, 1.807) is 22.2 Å². The summed E-state index contributed by atoms with van der Waals surface area (Å²) >= 11 is 1.63. The molecular weight excluding hydrogens is 388 g/mol. The van der Waals surface area contributed by atoms with Gasteiger partial charge in [-0.3, -0.25) is 9.48 Å². The van der Waals surface area contributed by atoms with E-state index in [0.717, 1.165) is 53.2 Å². The smallest absolute Gasteiger partial charge is 0.261 e. The number of amides is 1. The average Bonchev–Trinajstić information content (AvgIpc) is 3.47. The van der Waals surface area contributed by atoms with Gasteiger partial charge in [0.25, 0.3) is 5.91 Å². The standard InChI is InChI=1S/C20H20N6O2S/c1-24-19(25-6-2-3-7-25)15(13-21-24)18(27)22-14-4-5-16-17(12-14)29-20(23-16)26-8-10-28-11-9-26/h2-7,12-13H,8-11H2,1H3,(H,22,27). The van der Waals surface area contributed by atoms with E-state index in [2.05, 4.69) is 15.3 Å². The lowest BCUT2D eigenvalue weighted by molar-refractivity contribution is 0.102. The number of carbonyl (C=O) groups excluding carboxylic acids is 1. The van der Waals surface area contributed by atoms with E-state index >= 15 is 0 Å². The molecule has 3 aromatic heterocycles. The SMILES string of the molecule is Cn1ncc(C(=O)Nc2ccc3nc(N4CCOCC4)sc3c2)c1-n1cccc1. The molecule has 148 valence electrons. The second kappa shape index (κ2) is 7.34. The normalized spacial score (nSPS) is 14.4. The number of hydrogen-bond donors (Lipinski definition) is 1. The second-order valence-electron chi connectivity index (χ2n) is 6.83. The number of aromatic nitrogens is 4. The van der Waals surface area contributed by atoms with Crippen molar-refractivity contribution < 1.29 is 9.53 Å². The summed E-state index contributed by atoms with van der Waals surface area (Å²) in [7, 11) is 1.82. The summed E-state index contributed by atoms with van der Waals surface area (Å²) in [5.41, 5.74) is 2.19. The molecule has 0 spiro atoms. The molecule has 1 fully saturated rings. The Morgan fingerprint density at radius 2 is 2.00 bits per heavy atom. The van der Waals surface area contributed by atoms with Gasteiger partial charge >= 0.3 is 0 Å². The minimum absolute atomic E-state index is 0.195. The first-order valence-corrected chi connectivity index (χ1v) is 10.2. The summed E-state index contributed by atoms with van der Waals surface area (Å²) in [6.45, 7) is 3.16. The highest BCUT2D eigenvalue weighted by Crippen LogP contribution is 2.31. The molecule has 1 amide bonds. The third-order valence-corrected chi connectivity index (χ3v) is 6.00. The fourth-order valence-corrected chi connectivity index (χ4v) is 4.51. The van der Waals surface area contributed by atoms with Crippen molar-refractivity contribution in [3.05, 3.63) is 54.5 Å². The number of carbonyl (C=O) groups is 1. The van der Waals surface area contributed by atoms with Gasteiger partial charge in [-0.1, -0.05) is 11.3 Å². The zero-order valence-electron chi connectivity index (χ0n) is 15.9. The van der Waals surface area contributed by atoms with Crippen molar-refractivity contribution in [1.82, 2.24) is 19.3 Å². The van der Waals surface area contributed by atoms with Gasteiger partial charge in [0.05, 0.1) is 29.6 Å². The molecule has 9 heteroatoms. The van der Waals surface area contributed by atoms with Gasteiger partial charge in [0.1, 0.15) is 11.4 Å². The van der Waals surface area contributed by atoms with Crippen LogP contribution in [0.1, 0.15) is 10.4 Å². The summed E-state index contributed by atoms with van der Waals surface area (Å²) in [4.78, 5) is 19.9. The van der Waals surface area contributed by atoms with Gasteiger partial charge < -0.3 is 19.5 Å². The van der Waals surface area contributed by atoms with Gasteiger partial charge in [0, 0.05) is 38.2 Å². The minimum atomic E-state index is -0.195. The van der Waals surface area contributed by atoms with Gasteiger partial charge in [0.15, 0.2) is 5.13 Å². The number of benzene rings is 1. The van der Waals surface area contributed by atoms with Gasteiger partial charge in [-0.05, 0) is 30.3 Å². The van der Waals surface area contributed by atoms with Crippen molar-refractivity contribution in [2.24, 2.45) is 7.05 Å². The number of ether oxygens (including phenoxy) is 1. The second-order valence-corrected chi connectivity index (χ2v) is 7.84. The Morgan fingerprint density at radius 3 is 2.79 bits per heavy atom. The summed E-state index contributed by atoms with van der Waals surface area (Å²) < 4.78 is 10.0. The van der Waals surface area contributed by atoms with E-state index in [1.807, 2.05) is 54.3 Å². The lowest BCUT2D eigenvalue weighted by Gasteiger charge is -2.25. The highest BCUT2D eigenvalue weighted by Gasteiger charge is 2.19. The highest BCUT2D eigenvalue weighted by molar-refractivity contribution is 7.22. The van der Waals surface area contributed by atoms with Crippen LogP contribution in [0.2, 0.25) is 0 Å². The van der Waals surface area contributed by atoms with Crippen LogP contribution in [-0.2, 0) is 11.8 Å². The van der Waals surface area contributed by atoms with Crippen LogP contribution in [0.25, 0.3) is 16.0 Å². The van der Waals surface area contributed by atoms with E-state index in [1.165, 1.54) is 0 Å². The van der Waals surface area contributed by atoms with Gasteiger partial charge in [-0.2, -0.15) is 5.10 Å². The largest absolute Gasteiger partial charge is 0.378 e. The third kappa shape index (κ3) is 3.39. The lowest BCUT2D eigenvalue weighted by Crippen LogP contribution is -2.36. The van der Waals surface area contributed by atoms with Gasteiger partial charge in [0.2, 0.25) is 0 Å². The summed E-state index contributed by atoms with van der Waals surface area (Å²) in [6.07, 6.45) is 5.38. The first kappa shape index (κ1) is 17.9. The Hall–Kier alpha value is -3.17. The lowest BCUT2D eigenvalue weighted by atomic mass is 10.2. The molecule has 1 aromatic carbocycles. The molecule has 8 nitrogen and oxygen atoms in total. The fraction of sp³-hybridized carbons (Fsp3) is 0.250. The number of nitrogens with zero attached hydrogens (tertiary/aromatic N) is 5. The number of hydrogen-bond acceptors (Lipinski definition) is 6. The Morgan fingerprint density at radius 1 is 1.21 bits per heavy atom. The number of thiazole rings is 1. The number of rotatable bonds is 4. The molecule has 4 aromatic rings. The zero-order valence-corrected chi connectivity index (χ0v) is 16.7. The van der Waals surface area contributed by atoms with Crippen molar-refractivity contribution in [2.75, 3.05) is 36.5 Å². The fourth-order valence-electron chi connectivity index (χ4n) is 3.45. The molecule has 5 rings (SSSR count). The summed E-state index contributed by atoms with van der Waals surface area (Å²) in [5, 5.41) is 8.24. The molecule has 1 aliphatic rings. The average molecular weight is 408 g/mol. The molecule has 0 aliphatic carbocycles. The number of aryl methyl sites for hydroxylation is 1. The predicted octanol–water partition coefficient (Wildman–Crippen LogP) is 2.91. The van der Waals surface area contributed by atoms with E-state index in [9.17, 15) is 4.79 Å². The number of morpholine rings is 1. The zero-order chi connectivity index (χ0) is 19.8. The van der Waals surface area contributed by atoms with Crippen LogP contribution in [0.5, 0.6) is 0 Å². The monoisotopic (exact) mass is 408 g/mol. The van der Waals surface area contributed by atoms with E-state index in [4.69, 9.17) is 9.72 Å². The third-order valence-electron chi connectivity index (χ3n) is 4.92. The highest BCUT2D eigenvalue weighted by atomic mass is 32.1. The molecule has 0 bridgehead atoms. The van der Waals surface area contributed by atoms with Crippen molar-refractivity contribution in [3.8, 4) is 5.82 Å². The van der Waals surface area contributed by atoms with Crippen molar-refractivity contribution in [1.29, 1.82) is 0 Å². The minimum Gasteiger partial charge on any atom is -0.378 e. The quantitative estimate of drug-likeness (QED) is 0.562. The van der Waals surface area contributed by atoms with E-state index < -0.39 is 0 Å². The van der Waals surface area contributed by atoms with Crippen LogP contribution in [-0.4, -0.2) is 51.5 Å². The Kier molecular flexibility index (Phi) is 4.53. The Balaban J connectivity index is 1.40. The molecular formula is C20H20N6O2S. The first-order chi connectivity index (χ1) is 14.2. The number of fused-ring (bicyclic) bond motifs is 1. The molecule has 4 heterocycles. The number of nitrogens with one attached hydrogen (secondary N) is 1. The summed E-state index contributed by atoms with van der Waals surface area (Å²) in [6, 6.07) is 9.63. The van der Waals surface area contributed by atoms with E-state index in [-0.39, 0.29) is 5.91 Å². The predicted molar refractivity (Wildman–Crippen MR) is 113 cm³/mol. The van der Waals surface area contributed by atoms with Crippen molar-refractivity contribution in [3.63, 3.8) is 0 Å².